The lowest BCUT2D eigenvalue weighted by molar-refractivity contribution is 0.214. The molecule has 0 saturated heterocycles. The topological polar surface area (TPSA) is 20.2 Å². The highest BCUT2D eigenvalue weighted by Gasteiger charge is 2.15. The van der Waals surface area contributed by atoms with Gasteiger partial charge in [0.15, 0.2) is 0 Å². The molecule has 1 N–H and O–H groups in total. The molecule has 0 fully saturated rings. The van der Waals surface area contributed by atoms with Gasteiger partial charge < -0.3 is 5.11 Å². The average Bonchev–Trinajstić information content (AvgIpc) is 2.32. The summed E-state index contributed by atoms with van der Waals surface area (Å²) < 4.78 is 26.4. The van der Waals surface area contributed by atoms with E-state index in [2.05, 4.69) is 0 Å². The summed E-state index contributed by atoms with van der Waals surface area (Å²) in [5.74, 6) is -1.38. The van der Waals surface area contributed by atoms with Crippen molar-refractivity contribution in [3.05, 3.63) is 70.3 Å². The molecular weight excluding hydrogens is 234 g/mol. The summed E-state index contributed by atoms with van der Waals surface area (Å²) in [6.07, 6.45) is -1.08. The molecule has 1 nitrogen and oxygen atoms in total. The van der Waals surface area contributed by atoms with Gasteiger partial charge in [0, 0.05) is 11.6 Å². The molecule has 0 aliphatic rings. The van der Waals surface area contributed by atoms with Crippen LogP contribution in [0.1, 0.15) is 28.4 Å². The highest BCUT2D eigenvalue weighted by Crippen LogP contribution is 2.26. The van der Waals surface area contributed by atoms with E-state index in [0.29, 0.717) is 5.56 Å². The molecule has 0 radical (unpaired) electrons. The summed E-state index contributed by atoms with van der Waals surface area (Å²) in [6, 6.07) is 8.61. The first-order chi connectivity index (χ1) is 8.49. The second kappa shape index (κ2) is 4.86. The molecule has 1 unspecified atom stereocenters. The summed E-state index contributed by atoms with van der Waals surface area (Å²) >= 11 is 0. The summed E-state index contributed by atoms with van der Waals surface area (Å²) in [7, 11) is 0. The van der Waals surface area contributed by atoms with Crippen LogP contribution in [0.3, 0.4) is 0 Å². The van der Waals surface area contributed by atoms with Gasteiger partial charge in [0.05, 0.1) is 0 Å². The number of hydrogen-bond donors (Lipinski definition) is 1. The van der Waals surface area contributed by atoms with Gasteiger partial charge in [-0.05, 0) is 36.6 Å². The Kier molecular flexibility index (Phi) is 3.43. The molecule has 1 atom stereocenters. The third kappa shape index (κ3) is 2.41. The Morgan fingerprint density at radius 1 is 0.944 bits per heavy atom. The number of aliphatic hydroxyl groups is 1. The van der Waals surface area contributed by atoms with Crippen LogP contribution >= 0.6 is 0 Å². The van der Waals surface area contributed by atoms with Gasteiger partial charge in [0.1, 0.15) is 17.7 Å². The molecule has 18 heavy (non-hydrogen) atoms. The van der Waals surface area contributed by atoms with Gasteiger partial charge in [-0.2, -0.15) is 0 Å². The van der Waals surface area contributed by atoms with Crippen LogP contribution in [0, 0.1) is 25.5 Å². The molecule has 2 aromatic rings. The van der Waals surface area contributed by atoms with E-state index in [9.17, 15) is 13.9 Å². The normalized spacial score (nSPS) is 12.5. The molecule has 0 spiro atoms. The number of halogens is 2. The first-order valence-electron chi connectivity index (χ1n) is 5.69. The van der Waals surface area contributed by atoms with Crippen LogP contribution < -0.4 is 0 Å². The van der Waals surface area contributed by atoms with E-state index in [1.807, 2.05) is 26.0 Å². The van der Waals surface area contributed by atoms with Crippen LogP contribution in [-0.4, -0.2) is 5.11 Å². The summed E-state index contributed by atoms with van der Waals surface area (Å²) in [6.45, 7) is 3.89. The van der Waals surface area contributed by atoms with Crippen LogP contribution in [0.2, 0.25) is 0 Å². The van der Waals surface area contributed by atoms with E-state index in [1.54, 1.807) is 6.07 Å². The predicted molar refractivity (Wildman–Crippen MR) is 66.3 cm³/mol. The molecule has 0 aliphatic heterocycles. The van der Waals surface area contributed by atoms with Crippen LogP contribution in [0.15, 0.2) is 36.4 Å². The second-order valence-corrected chi connectivity index (χ2v) is 4.41. The zero-order valence-electron chi connectivity index (χ0n) is 10.2. The van der Waals surface area contributed by atoms with E-state index in [1.165, 1.54) is 6.07 Å². The maximum Gasteiger partial charge on any atom is 0.132 e. The molecule has 94 valence electrons. The van der Waals surface area contributed by atoms with Crippen LogP contribution in [0.25, 0.3) is 0 Å². The minimum atomic E-state index is -1.08. The zero-order chi connectivity index (χ0) is 13.3. The maximum atomic E-state index is 13.6. The van der Waals surface area contributed by atoms with E-state index in [0.717, 1.165) is 23.3 Å². The third-order valence-corrected chi connectivity index (χ3v) is 3.10. The van der Waals surface area contributed by atoms with Crippen LogP contribution in [0.5, 0.6) is 0 Å². The Morgan fingerprint density at radius 2 is 1.67 bits per heavy atom. The fraction of sp³-hybridized carbons (Fsp3) is 0.200. The van der Waals surface area contributed by atoms with E-state index in [-0.39, 0.29) is 5.56 Å². The summed E-state index contributed by atoms with van der Waals surface area (Å²) in [5, 5.41) is 10.1. The quantitative estimate of drug-likeness (QED) is 0.859. The van der Waals surface area contributed by atoms with Crippen molar-refractivity contribution >= 4 is 0 Å². The van der Waals surface area contributed by atoms with Crippen molar-refractivity contribution in [2.45, 2.75) is 20.0 Å². The highest BCUT2D eigenvalue weighted by atomic mass is 19.1. The molecule has 0 saturated carbocycles. The first-order valence-corrected chi connectivity index (χ1v) is 5.69. The number of aliphatic hydroxyl groups excluding tert-OH is 1. The van der Waals surface area contributed by atoms with Crippen molar-refractivity contribution in [1.82, 2.24) is 0 Å². The number of aryl methyl sites for hydroxylation is 2. The van der Waals surface area contributed by atoms with Crippen molar-refractivity contribution in [3.63, 3.8) is 0 Å². The monoisotopic (exact) mass is 248 g/mol. The summed E-state index contributed by atoms with van der Waals surface area (Å²) in [4.78, 5) is 0. The largest absolute Gasteiger partial charge is 0.384 e. The zero-order valence-corrected chi connectivity index (χ0v) is 10.2. The molecule has 0 amide bonds. The minimum absolute atomic E-state index is 0.0830. The lowest BCUT2D eigenvalue weighted by Crippen LogP contribution is -2.03. The molecule has 0 heterocycles. The Hall–Kier alpha value is -1.74. The molecular formula is C15H14F2O. The molecule has 2 aromatic carbocycles. The lowest BCUT2D eigenvalue weighted by Gasteiger charge is -2.14. The van der Waals surface area contributed by atoms with Crippen molar-refractivity contribution in [1.29, 1.82) is 0 Å². The van der Waals surface area contributed by atoms with Crippen LogP contribution in [0.4, 0.5) is 8.78 Å². The smallest absolute Gasteiger partial charge is 0.132 e. The van der Waals surface area contributed by atoms with Gasteiger partial charge in [-0.25, -0.2) is 8.78 Å². The number of rotatable bonds is 2. The Labute approximate surface area is 105 Å². The van der Waals surface area contributed by atoms with Crippen LogP contribution in [-0.2, 0) is 0 Å². The Morgan fingerprint density at radius 3 is 2.28 bits per heavy atom. The maximum absolute atomic E-state index is 13.6. The van der Waals surface area contributed by atoms with Gasteiger partial charge >= 0.3 is 0 Å². The molecule has 0 aromatic heterocycles. The molecule has 0 bridgehead atoms. The Bertz CT molecular complexity index is 579. The van der Waals surface area contributed by atoms with Gasteiger partial charge in [-0.3, -0.25) is 0 Å². The lowest BCUT2D eigenvalue weighted by atomic mass is 9.97. The molecule has 2 rings (SSSR count). The average molecular weight is 248 g/mol. The fourth-order valence-electron chi connectivity index (χ4n) is 1.84. The van der Waals surface area contributed by atoms with Crippen molar-refractivity contribution in [3.8, 4) is 0 Å². The second-order valence-electron chi connectivity index (χ2n) is 4.41. The standard InChI is InChI=1S/C15H14F2O/c1-9-3-4-11(7-10(9)2)15(18)13-6-5-12(16)8-14(13)17/h3-8,15,18H,1-2H3. The third-order valence-electron chi connectivity index (χ3n) is 3.10. The van der Waals surface area contributed by atoms with Crippen molar-refractivity contribution < 1.29 is 13.9 Å². The fourth-order valence-corrected chi connectivity index (χ4v) is 1.84. The van der Waals surface area contributed by atoms with Gasteiger partial charge in [0.2, 0.25) is 0 Å². The van der Waals surface area contributed by atoms with E-state index < -0.39 is 17.7 Å². The highest BCUT2D eigenvalue weighted by molar-refractivity contribution is 5.36. The Balaban J connectivity index is 2.41. The predicted octanol–water partition coefficient (Wildman–Crippen LogP) is 3.66. The van der Waals surface area contributed by atoms with Crippen molar-refractivity contribution in [2.24, 2.45) is 0 Å². The number of benzene rings is 2. The van der Waals surface area contributed by atoms with Gasteiger partial charge in [-0.15, -0.1) is 0 Å². The van der Waals surface area contributed by atoms with Gasteiger partial charge in [0.25, 0.3) is 0 Å². The number of hydrogen-bond acceptors (Lipinski definition) is 1. The van der Waals surface area contributed by atoms with E-state index >= 15 is 0 Å². The summed E-state index contributed by atoms with van der Waals surface area (Å²) in [5.41, 5.74) is 2.81. The van der Waals surface area contributed by atoms with Crippen molar-refractivity contribution in [2.75, 3.05) is 0 Å². The molecule has 3 heteroatoms. The first kappa shape index (κ1) is 12.7. The molecule has 0 aliphatic carbocycles. The SMILES string of the molecule is Cc1ccc(C(O)c2ccc(F)cc2F)cc1C. The van der Waals surface area contributed by atoms with Gasteiger partial charge in [-0.1, -0.05) is 24.3 Å². The minimum Gasteiger partial charge on any atom is -0.384 e. The van der Waals surface area contributed by atoms with E-state index in [4.69, 9.17) is 0 Å².